The molecule has 0 unspecified atom stereocenters. The van der Waals surface area contributed by atoms with Crippen molar-refractivity contribution in [3.63, 3.8) is 0 Å². The molecule has 0 amide bonds. The third kappa shape index (κ3) is 7.37. The highest BCUT2D eigenvalue weighted by molar-refractivity contribution is 5.53. The molecule has 28 heavy (non-hydrogen) atoms. The molecule has 0 saturated heterocycles. The first-order chi connectivity index (χ1) is 13.6. The quantitative estimate of drug-likeness (QED) is 0.409. The van der Waals surface area contributed by atoms with Gasteiger partial charge >= 0.3 is 0 Å². The first kappa shape index (κ1) is 22.0. The minimum absolute atomic E-state index is 0.181. The molecule has 0 bridgehead atoms. The first-order valence-corrected chi connectivity index (χ1v) is 10.8. The lowest BCUT2D eigenvalue weighted by Gasteiger charge is -2.12. The van der Waals surface area contributed by atoms with Crippen LogP contribution in [0.3, 0.4) is 0 Å². The number of ether oxygens (including phenoxy) is 1. The predicted molar refractivity (Wildman–Crippen MR) is 118 cm³/mol. The van der Waals surface area contributed by atoms with E-state index in [1.54, 1.807) is 0 Å². The number of rotatable bonds is 13. The summed E-state index contributed by atoms with van der Waals surface area (Å²) in [5, 5.41) is 0. The molecule has 0 fully saturated rings. The van der Waals surface area contributed by atoms with E-state index in [1.165, 1.54) is 63.4 Å². The molecule has 0 spiro atoms. The summed E-state index contributed by atoms with van der Waals surface area (Å²) in [6, 6.07) is 8.20. The fourth-order valence-electron chi connectivity index (χ4n) is 3.41. The van der Waals surface area contributed by atoms with Crippen LogP contribution >= 0.6 is 0 Å². The van der Waals surface area contributed by atoms with Crippen LogP contribution in [0.25, 0.3) is 0 Å². The Bertz CT molecular complexity index is 718. The lowest BCUT2D eigenvalue weighted by molar-refractivity contribution is 0.472. The maximum atomic E-state index is 6.01. The van der Waals surface area contributed by atoms with Crippen molar-refractivity contribution < 1.29 is 4.74 Å². The number of nitrogens with zero attached hydrogens (tertiary/aromatic N) is 2. The Hall–Kier alpha value is -2.30. The number of hydrogen-bond donors (Lipinski definition) is 2. The van der Waals surface area contributed by atoms with Crippen molar-refractivity contribution in [3.8, 4) is 11.5 Å². The van der Waals surface area contributed by atoms with Gasteiger partial charge in [0.25, 0.3) is 0 Å². The topological polar surface area (TPSA) is 87.0 Å². The zero-order valence-electron chi connectivity index (χ0n) is 17.5. The molecular formula is C23H36N4O. The number of unbranched alkanes of at least 4 members (excludes halogenated alkanes) is 8. The van der Waals surface area contributed by atoms with E-state index in [-0.39, 0.29) is 11.8 Å². The average Bonchev–Trinajstić information content (AvgIpc) is 2.69. The molecule has 0 aliphatic carbocycles. The Morgan fingerprint density at radius 1 is 0.857 bits per heavy atom. The normalized spacial score (nSPS) is 10.9. The third-order valence-electron chi connectivity index (χ3n) is 5.00. The van der Waals surface area contributed by atoms with Gasteiger partial charge in [-0.15, -0.1) is 0 Å². The lowest BCUT2D eigenvalue weighted by atomic mass is 10.0. The van der Waals surface area contributed by atoms with Crippen molar-refractivity contribution in [3.05, 3.63) is 35.5 Å². The van der Waals surface area contributed by atoms with E-state index in [1.807, 2.05) is 19.1 Å². The molecule has 1 aromatic carbocycles. The highest BCUT2D eigenvalue weighted by atomic mass is 16.5. The number of benzene rings is 1. The van der Waals surface area contributed by atoms with Crippen molar-refractivity contribution >= 4 is 11.8 Å². The summed E-state index contributed by atoms with van der Waals surface area (Å²) in [6.45, 7) is 4.26. The number of nitrogen functional groups attached to an aromatic ring is 2. The molecule has 2 aromatic rings. The number of nitrogens with two attached hydrogens (primary N) is 2. The van der Waals surface area contributed by atoms with E-state index >= 15 is 0 Å². The number of anilines is 2. The van der Waals surface area contributed by atoms with E-state index in [2.05, 4.69) is 29.0 Å². The molecule has 5 heteroatoms. The van der Waals surface area contributed by atoms with Gasteiger partial charge in [-0.25, -0.2) is 4.98 Å². The van der Waals surface area contributed by atoms with Gasteiger partial charge < -0.3 is 16.2 Å². The van der Waals surface area contributed by atoms with E-state index in [0.29, 0.717) is 12.2 Å². The van der Waals surface area contributed by atoms with E-state index < -0.39 is 0 Å². The van der Waals surface area contributed by atoms with Crippen LogP contribution in [0.2, 0.25) is 0 Å². The predicted octanol–water partition coefficient (Wildman–Crippen LogP) is 6.07. The van der Waals surface area contributed by atoms with Gasteiger partial charge in [0.1, 0.15) is 5.75 Å². The van der Waals surface area contributed by atoms with E-state index in [0.717, 1.165) is 17.9 Å². The monoisotopic (exact) mass is 384 g/mol. The van der Waals surface area contributed by atoms with Crippen molar-refractivity contribution in [1.82, 2.24) is 9.97 Å². The highest BCUT2D eigenvalue weighted by Crippen LogP contribution is 2.30. The van der Waals surface area contributed by atoms with Crippen molar-refractivity contribution in [2.75, 3.05) is 11.5 Å². The number of hydrogen-bond acceptors (Lipinski definition) is 5. The zero-order chi connectivity index (χ0) is 20.2. The number of aryl methyl sites for hydroxylation is 2. The van der Waals surface area contributed by atoms with Gasteiger partial charge in [-0.1, -0.05) is 77.3 Å². The van der Waals surface area contributed by atoms with Crippen LogP contribution in [0.15, 0.2) is 24.3 Å². The molecule has 1 heterocycles. The Labute approximate surface area is 169 Å². The maximum Gasteiger partial charge on any atom is 0.222 e. The minimum Gasteiger partial charge on any atom is -0.452 e. The molecule has 1 aromatic heterocycles. The van der Waals surface area contributed by atoms with Gasteiger partial charge in [-0.05, 0) is 37.0 Å². The summed E-state index contributed by atoms with van der Waals surface area (Å²) >= 11 is 0. The van der Waals surface area contributed by atoms with Crippen LogP contribution in [0.5, 0.6) is 11.5 Å². The molecule has 5 nitrogen and oxygen atoms in total. The van der Waals surface area contributed by atoms with Crippen molar-refractivity contribution in [2.24, 2.45) is 0 Å². The largest absolute Gasteiger partial charge is 0.452 e. The summed E-state index contributed by atoms with van der Waals surface area (Å²) in [5.41, 5.74) is 13.7. The van der Waals surface area contributed by atoms with Crippen LogP contribution < -0.4 is 16.2 Å². The van der Waals surface area contributed by atoms with Crippen molar-refractivity contribution in [2.45, 2.75) is 84.5 Å². The second kappa shape index (κ2) is 12.2. The van der Waals surface area contributed by atoms with Gasteiger partial charge in [0.15, 0.2) is 11.6 Å². The maximum absolute atomic E-state index is 6.01. The van der Waals surface area contributed by atoms with Crippen LogP contribution in [0.4, 0.5) is 11.8 Å². The molecule has 0 saturated carbocycles. The Kier molecular flexibility index (Phi) is 9.60. The lowest BCUT2D eigenvalue weighted by Crippen LogP contribution is -2.06. The molecule has 4 N–H and O–H groups in total. The van der Waals surface area contributed by atoms with Gasteiger partial charge in [-0.2, -0.15) is 4.98 Å². The fourth-order valence-corrected chi connectivity index (χ4v) is 3.41. The van der Waals surface area contributed by atoms with Gasteiger partial charge in [0, 0.05) is 0 Å². The second-order valence-electron chi connectivity index (χ2n) is 7.42. The fraction of sp³-hybridized carbons (Fsp3) is 0.565. The van der Waals surface area contributed by atoms with Crippen LogP contribution in [0, 0.1) is 0 Å². The SMILES string of the molecule is CCCCCCCCCCCc1cccc(Oc2c(N)nc(N)nc2CC)c1. The standard InChI is InChI=1S/C23H36N4O/c1-3-5-6-7-8-9-10-11-12-14-18-15-13-16-19(17-18)28-21-20(4-2)26-23(25)27-22(21)24/h13,15-17H,3-12,14H2,1-2H3,(H4,24,25,26,27). The first-order valence-electron chi connectivity index (χ1n) is 10.8. The van der Waals surface area contributed by atoms with E-state index in [4.69, 9.17) is 16.2 Å². The summed E-state index contributed by atoms with van der Waals surface area (Å²) < 4.78 is 6.01. The van der Waals surface area contributed by atoms with Crippen LogP contribution in [-0.4, -0.2) is 9.97 Å². The summed E-state index contributed by atoms with van der Waals surface area (Å²) in [4.78, 5) is 8.26. The molecule has 0 aliphatic rings. The molecule has 0 aliphatic heterocycles. The summed E-state index contributed by atoms with van der Waals surface area (Å²) in [7, 11) is 0. The average molecular weight is 385 g/mol. The smallest absolute Gasteiger partial charge is 0.222 e. The summed E-state index contributed by atoms with van der Waals surface area (Å²) in [5.74, 6) is 1.75. The minimum atomic E-state index is 0.181. The molecule has 0 radical (unpaired) electrons. The molecule has 2 rings (SSSR count). The summed E-state index contributed by atoms with van der Waals surface area (Å²) in [6.07, 6.45) is 13.8. The Morgan fingerprint density at radius 3 is 2.21 bits per heavy atom. The van der Waals surface area contributed by atoms with Crippen molar-refractivity contribution in [1.29, 1.82) is 0 Å². The second-order valence-corrected chi connectivity index (χ2v) is 7.42. The Morgan fingerprint density at radius 2 is 1.54 bits per heavy atom. The number of aromatic nitrogens is 2. The van der Waals surface area contributed by atoms with E-state index in [9.17, 15) is 0 Å². The zero-order valence-corrected chi connectivity index (χ0v) is 17.5. The third-order valence-corrected chi connectivity index (χ3v) is 5.00. The Balaban J connectivity index is 1.80. The molecule has 0 atom stereocenters. The highest BCUT2D eigenvalue weighted by Gasteiger charge is 2.12. The molecular weight excluding hydrogens is 348 g/mol. The van der Waals surface area contributed by atoms with Gasteiger partial charge in [0.05, 0.1) is 5.69 Å². The van der Waals surface area contributed by atoms with Crippen LogP contribution in [-0.2, 0) is 12.8 Å². The van der Waals surface area contributed by atoms with Gasteiger partial charge in [-0.3, -0.25) is 0 Å². The molecule has 154 valence electrons. The van der Waals surface area contributed by atoms with Gasteiger partial charge in [0.2, 0.25) is 5.95 Å². The van der Waals surface area contributed by atoms with Crippen LogP contribution in [0.1, 0.15) is 82.9 Å².